The number of carbonyl (C=O) groups is 9. The number of hydrogen-bond donors (Lipinski definition) is 11. The highest BCUT2D eigenvalue weighted by Gasteiger charge is 2.35. The molecule has 1 aromatic carbocycles. The summed E-state index contributed by atoms with van der Waals surface area (Å²) in [7, 11) is 0. The quantitative estimate of drug-likeness (QED) is 0.0203. The number of hydrogen-bond acceptors (Lipinski definition) is 13. The van der Waals surface area contributed by atoms with E-state index in [2.05, 4.69) is 48.1 Å². The number of nitrogens with two attached hydrogens (primary N) is 5. The second kappa shape index (κ2) is 45.3. The zero-order valence-corrected chi connectivity index (χ0v) is 52.6. The van der Waals surface area contributed by atoms with Crippen LogP contribution in [0.4, 0.5) is 0 Å². The minimum atomic E-state index is -1.40. The molecule has 0 aliphatic carbocycles. The van der Waals surface area contributed by atoms with E-state index in [1.807, 2.05) is 44.2 Å². The van der Waals surface area contributed by atoms with Gasteiger partial charge in [-0.3, -0.25) is 53.1 Å². The molecule has 0 saturated heterocycles. The molecule has 1 aromatic heterocycles. The number of aromatic nitrogens is 2. The average molecular weight is 1220 g/mol. The molecule has 2 aromatic rings. The Hall–Kier alpha value is -7.04. The molecule has 8 atom stereocenters. The van der Waals surface area contributed by atoms with E-state index in [-0.39, 0.29) is 113 Å². The van der Waals surface area contributed by atoms with Crippen LogP contribution < -0.4 is 49.9 Å². The van der Waals surface area contributed by atoms with Crippen LogP contribution in [0.1, 0.15) is 212 Å². The average Bonchev–Trinajstić information content (AvgIpc) is 4.14. The van der Waals surface area contributed by atoms with Gasteiger partial charge in [-0.15, -0.1) is 0 Å². The summed E-state index contributed by atoms with van der Waals surface area (Å²) < 4.78 is 0. The molecular formula is C64H107N13O10. The van der Waals surface area contributed by atoms with Crippen LogP contribution in [0, 0.1) is 23.7 Å². The van der Waals surface area contributed by atoms with Gasteiger partial charge in [0.2, 0.25) is 23.6 Å². The van der Waals surface area contributed by atoms with Gasteiger partial charge in [0.15, 0.2) is 35.1 Å². The maximum absolute atomic E-state index is 14.8. The normalized spacial score (nSPS) is 13.9. The molecule has 488 valence electrons. The molecular weight excluding hydrogens is 1110 g/mol. The number of guanidine groups is 2. The minimum absolute atomic E-state index is 0.0239. The van der Waals surface area contributed by atoms with E-state index in [4.69, 9.17) is 28.7 Å². The van der Waals surface area contributed by atoms with Crippen molar-refractivity contribution < 1.29 is 48.3 Å². The number of unbranched alkanes of at least 4 members (excludes halogenated alkanes) is 13. The van der Waals surface area contributed by atoms with Crippen LogP contribution in [0.5, 0.6) is 0 Å². The Balaban J connectivity index is 2.44. The van der Waals surface area contributed by atoms with Crippen LogP contribution in [-0.4, -0.2) is 124 Å². The Morgan fingerprint density at radius 2 is 1.06 bits per heavy atom. The first kappa shape index (κ1) is 76.1. The van der Waals surface area contributed by atoms with Gasteiger partial charge in [0.05, 0.1) is 30.5 Å². The van der Waals surface area contributed by atoms with Gasteiger partial charge in [0.25, 0.3) is 0 Å². The monoisotopic (exact) mass is 1220 g/mol. The molecule has 0 fully saturated rings. The number of amides is 4. The number of carboxylic acids is 1. The fraction of sp³-hybridized carbons (Fsp3) is 0.688. The number of H-pyrrole nitrogens is 1. The molecule has 2 rings (SSSR count). The number of Topliss-reactive ketones (excluding diaryl/α,β-unsaturated/α-hetero) is 4. The van der Waals surface area contributed by atoms with Crippen LogP contribution in [0.2, 0.25) is 0 Å². The summed E-state index contributed by atoms with van der Waals surface area (Å²) in [5, 5.41) is 21.1. The van der Waals surface area contributed by atoms with Crippen molar-refractivity contribution >= 4 is 64.7 Å². The number of carbonyl (C=O) groups excluding carboxylic acids is 8. The number of aliphatic imine (C=N–C) groups is 2. The van der Waals surface area contributed by atoms with Crippen molar-refractivity contribution in [1.82, 2.24) is 31.2 Å². The molecule has 0 saturated carbocycles. The smallest absolute Gasteiger partial charge is 0.303 e. The van der Waals surface area contributed by atoms with Gasteiger partial charge in [0.1, 0.15) is 0 Å². The Labute approximate surface area is 516 Å². The molecule has 23 nitrogen and oxygen atoms in total. The summed E-state index contributed by atoms with van der Waals surface area (Å²) in [4.78, 5) is 140. The standard InChI is InChI=1S/C64H107N13O10/c1-5-7-8-9-10-11-12-13-14-15-16-17-21-31-57(82)74-53(41-50-42-70-43-73-50)56(81)40-49(37-46-26-19-18-20-27-46)62(87)75-51(30-25-36-72-64(68)69)54(79)38-47(28-22-23-34-65)60(85)76-52(32-33-58(83)84)55(80)39-48(29-24-35-71-63(66)67)61(86)77-59(45(4)78)44(3)6-2/h18-20,26-27,42-44,47-49,51-53,59H,5-17,21-25,28-41,65H2,1-4H3,(H,70,73)(H,74,82)(H,75,87)(H,76,85)(H,77,86)(H,83,84)(H4,66,67,71)(H4,68,69,72)/t44-,47+,48+,49+,51-,52-,53-,59-/m0/s1. The highest BCUT2D eigenvalue weighted by molar-refractivity contribution is 5.97. The number of aromatic amines is 1. The highest BCUT2D eigenvalue weighted by Crippen LogP contribution is 2.23. The maximum Gasteiger partial charge on any atom is 0.303 e. The van der Waals surface area contributed by atoms with Crippen LogP contribution in [-0.2, 0) is 56.0 Å². The van der Waals surface area contributed by atoms with Crippen molar-refractivity contribution in [3.8, 4) is 0 Å². The van der Waals surface area contributed by atoms with Crippen LogP contribution in [0.25, 0.3) is 0 Å². The van der Waals surface area contributed by atoms with E-state index in [1.165, 1.54) is 71.0 Å². The predicted octanol–water partition coefficient (Wildman–Crippen LogP) is 6.08. The van der Waals surface area contributed by atoms with Crippen molar-refractivity contribution in [3.63, 3.8) is 0 Å². The van der Waals surface area contributed by atoms with Crippen molar-refractivity contribution in [1.29, 1.82) is 0 Å². The van der Waals surface area contributed by atoms with Gasteiger partial charge in [-0.1, -0.05) is 141 Å². The number of imidazole rings is 1. The third kappa shape index (κ3) is 34.2. The number of nitrogens with one attached hydrogen (secondary N) is 5. The predicted molar refractivity (Wildman–Crippen MR) is 340 cm³/mol. The summed E-state index contributed by atoms with van der Waals surface area (Å²) in [6.45, 7) is 7.78. The molecule has 0 bridgehead atoms. The second-order valence-electron chi connectivity index (χ2n) is 23.4. The highest BCUT2D eigenvalue weighted by atomic mass is 16.4. The van der Waals surface area contributed by atoms with E-state index in [1.54, 1.807) is 6.20 Å². The lowest BCUT2D eigenvalue weighted by Crippen LogP contribution is -2.49. The largest absolute Gasteiger partial charge is 0.481 e. The SMILES string of the molecule is CCCCCCCCCCCCCCCC(=O)N[C@@H](Cc1cnc[nH]1)C(=O)C[C@@H](Cc1ccccc1)C(=O)N[C@@H](CCCN=C(N)N)C(=O)C[C@@H](CCCCN)C(=O)N[C@@H](CCC(=O)O)C(=O)C[C@@H](CCCN=C(N)N)C(=O)N[C@H](C(C)=O)[C@@H](C)CC. The summed E-state index contributed by atoms with van der Waals surface area (Å²) in [5.41, 5.74) is 29.5. The van der Waals surface area contributed by atoms with E-state index in [0.29, 0.717) is 31.4 Å². The molecule has 0 aliphatic rings. The van der Waals surface area contributed by atoms with Crippen LogP contribution >= 0.6 is 0 Å². The van der Waals surface area contributed by atoms with Crippen molar-refractivity contribution in [2.45, 2.75) is 238 Å². The number of ketones is 4. The third-order valence-electron chi connectivity index (χ3n) is 16.0. The first-order valence-electron chi connectivity index (χ1n) is 32.0. The fourth-order valence-corrected chi connectivity index (χ4v) is 10.6. The second-order valence-corrected chi connectivity index (χ2v) is 23.4. The molecule has 87 heavy (non-hydrogen) atoms. The van der Waals surface area contributed by atoms with E-state index in [9.17, 15) is 48.3 Å². The Morgan fingerprint density at radius 1 is 0.563 bits per heavy atom. The number of aliphatic carboxylic acids is 1. The fourth-order valence-electron chi connectivity index (χ4n) is 10.6. The number of nitrogens with zero attached hydrogens (tertiary/aromatic N) is 3. The van der Waals surface area contributed by atoms with E-state index < -0.39 is 102 Å². The van der Waals surface area contributed by atoms with Crippen LogP contribution in [0.3, 0.4) is 0 Å². The Bertz CT molecular complexity index is 2410. The molecule has 0 unspecified atom stereocenters. The van der Waals surface area contributed by atoms with E-state index in [0.717, 1.165) is 24.8 Å². The van der Waals surface area contributed by atoms with Gasteiger partial charge < -0.3 is 60.0 Å². The number of benzene rings is 1. The molecule has 16 N–H and O–H groups in total. The summed E-state index contributed by atoms with van der Waals surface area (Å²) in [6, 6.07) is 4.62. The van der Waals surface area contributed by atoms with E-state index >= 15 is 0 Å². The van der Waals surface area contributed by atoms with Gasteiger partial charge in [0, 0.05) is 81.3 Å². The molecule has 23 heteroatoms. The van der Waals surface area contributed by atoms with Gasteiger partial charge in [-0.2, -0.15) is 0 Å². The van der Waals surface area contributed by atoms with Gasteiger partial charge >= 0.3 is 5.97 Å². The maximum atomic E-state index is 14.8. The number of rotatable bonds is 52. The lowest BCUT2D eigenvalue weighted by atomic mass is 9.88. The lowest BCUT2D eigenvalue weighted by molar-refractivity contribution is -0.139. The van der Waals surface area contributed by atoms with Crippen molar-refractivity contribution in [3.05, 3.63) is 54.1 Å². The zero-order chi connectivity index (χ0) is 64.4. The molecule has 0 spiro atoms. The van der Waals surface area contributed by atoms with Gasteiger partial charge in [-0.05, 0) is 82.7 Å². The topological polar surface area (TPSA) is 405 Å². The third-order valence-corrected chi connectivity index (χ3v) is 16.0. The molecule has 0 aliphatic heterocycles. The Kier molecular flexibility index (Phi) is 39.6. The van der Waals surface area contributed by atoms with Gasteiger partial charge in [-0.25, -0.2) is 4.98 Å². The molecule has 1 heterocycles. The first-order chi connectivity index (χ1) is 41.7. The minimum Gasteiger partial charge on any atom is -0.481 e. The summed E-state index contributed by atoms with van der Waals surface area (Å²) >= 11 is 0. The molecule has 0 radical (unpaired) electrons. The lowest BCUT2D eigenvalue weighted by Gasteiger charge is -2.27. The van der Waals surface area contributed by atoms with Crippen LogP contribution in [0.15, 0.2) is 52.8 Å². The number of carboxylic acid groups (broad SMARTS) is 1. The Morgan fingerprint density at radius 3 is 1.56 bits per heavy atom. The summed E-state index contributed by atoms with van der Waals surface area (Å²) in [6.07, 6.45) is 18.7. The molecule has 4 amide bonds. The summed E-state index contributed by atoms with van der Waals surface area (Å²) in [5.74, 6) is -9.04. The van der Waals surface area contributed by atoms with Crippen molar-refractivity contribution in [2.24, 2.45) is 62.3 Å². The zero-order valence-electron chi connectivity index (χ0n) is 52.6. The van der Waals surface area contributed by atoms with Crippen molar-refractivity contribution in [2.75, 3.05) is 19.6 Å². The first-order valence-corrected chi connectivity index (χ1v) is 32.0.